The Morgan fingerprint density at radius 3 is 2.00 bits per heavy atom. The first-order chi connectivity index (χ1) is 18.0. The zero-order valence-electron chi connectivity index (χ0n) is 21.5. The molecule has 7 nitrogen and oxygen atoms in total. The number of benzene rings is 3. The Morgan fingerprint density at radius 1 is 0.811 bits per heavy atom. The summed E-state index contributed by atoms with van der Waals surface area (Å²) < 4.78 is 22.2. The summed E-state index contributed by atoms with van der Waals surface area (Å²) in [4.78, 5) is 20.8. The molecule has 0 saturated carbocycles. The van der Waals surface area contributed by atoms with Crippen molar-refractivity contribution in [2.24, 2.45) is 0 Å². The van der Waals surface area contributed by atoms with E-state index in [1.807, 2.05) is 36.4 Å². The average Bonchev–Trinajstić information content (AvgIpc) is 3.39. The monoisotopic (exact) mass is 523 g/mol. The molecule has 37 heavy (non-hydrogen) atoms. The topological polar surface area (TPSA) is 80.6 Å². The molecule has 2 N–H and O–H groups in total. The lowest BCUT2D eigenvalue weighted by Crippen LogP contribution is -2.27. The Labute approximate surface area is 219 Å². The molecule has 0 spiro atoms. The molecule has 0 unspecified atom stereocenters. The lowest BCUT2D eigenvalue weighted by molar-refractivity contribution is 0.174. The molecule has 3 aromatic rings. The fourth-order valence-corrected chi connectivity index (χ4v) is 4.76. The predicted molar refractivity (Wildman–Crippen MR) is 147 cm³/mol. The van der Waals surface area contributed by atoms with E-state index < -0.39 is 8.60 Å². The first-order valence-corrected chi connectivity index (χ1v) is 13.7. The number of likely N-dealkylation sites (N-methyl/N-ethyl adjacent to an activating group) is 1. The third-order valence-electron chi connectivity index (χ3n) is 6.42. The van der Waals surface area contributed by atoms with Gasteiger partial charge in [-0.25, -0.2) is 0 Å². The Kier molecular flexibility index (Phi) is 9.42. The highest BCUT2D eigenvalue weighted by molar-refractivity contribution is 7.39. The van der Waals surface area contributed by atoms with Crippen molar-refractivity contribution in [3.05, 3.63) is 83.4 Å². The van der Waals surface area contributed by atoms with E-state index in [-0.39, 0.29) is 6.79 Å². The van der Waals surface area contributed by atoms with Crippen LogP contribution >= 0.6 is 8.60 Å². The van der Waals surface area contributed by atoms with Gasteiger partial charge in [-0.05, 0) is 83.7 Å². The molecular weight excluding hydrogens is 489 g/mol. The van der Waals surface area contributed by atoms with E-state index >= 15 is 0 Å². The second-order valence-corrected chi connectivity index (χ2v) is 9.23. The number of fused-ring (bicyclic) bond motifs is 1. The number of ether oxygens (including phenoxy) is 3. The van der Waals surface area contributed by atoms with Crippen LogP contribution in [0.15, 0.2) is 66.7 Å². The number of allylic oxidation sites excluding steroid dienone is 1. The summed E-state index contributed by atoms with van der Waals surface area (Å²) in [7, 11) is -2.47. The Balaban J connectivity index is 1.69. The highest BCUT2D eigenvalue weighted by atomic mass is 31.2. The first kappa shape index (κ1) is 27.0. The van der Waals surface area contributed by atoms with Crippen molar-refractivity contribution in [2.45, 2.75) is 27.2 Å². The summed E-state index contributed by atoms with van der Waals surface area (Å²) in [6, 6.07) is 21.5. The molecule has 0 aromatic heterocycles. The molecule has 0 fully saturated rings. The minimum atomic E-state index is -2.47. The maximum absolute atomic E-state index is 9.21. The van der Waals surface area contributed by atoms with Crippen LogP contribution < -0.4 is 18.7 Å². The molecule has 1 aliphatic heterocycles. The smallest absolute Gasteiger partial charge is 0.391 e. The number of rotatable bonds is 12. The van der Waals surface area contributed by atoms with Crippen molar-refractivity contribution in [3.8, 4) is 23.0 Å². The van der Waals surface area contributed by atoms with Gasteiger partial charge in [0, 0.05) is 6.54 Å². The Morgan fingerprint density at radius 2 is 1.41 bits per heavy atom. The van der Waals surface area contributed by atoms with Gasteiger partial charge in [0.15, 0.2) is 11.5 Å². The number of hydrogen-bond acceptors (Lipinski definition) is 7. The van der Waals surface area contributed by atoms with Gasteiger partial charge in [-0.2, -0.15) is 0 Å². The van der Waals surface area contributed by atoms with Crippen molar-refractivity contribution in [1.29, 1.82) is 0 Å². The molecule has 0 amide bonds. The molecule has 1 heterocycles. The van der Waals surface area contributed by atoms with Crippen molar-refractivity contribution in [2.75, 3.05) is 33.0 Å². The van der Waals surface area contributed by atoms with Crippen LogP contribution in [0.4, 0.5) is 0 Å². The second-order valence-electron chi connectivity index (χ2n) is 8.54. The lowest BCUT2D eigenvalue weighted by Gasteiger charge is -2.19. The van der Waals surface area contributed by atoms with Gasteiger partial charge in [-0.1, -0.05) is 51.1 Å². The molecule has 1 aliphatic rings. The highest BCUT2D eigenvalue weighted by Crippen LogP contribution is 2.40. The quantitative estimate of drug-likeness (QED) is 0.219. The molecule has 0 bridgehead atoms. The van der Waals surface area contributed by atoms with Crippen LogP contribution in [0.5, 0.6) is 23.0 Å². The van der Waals surface area contributed by atoms with Crippen LogP contribution in [-0.4, -0.2) is 47.7 Å². The molecular formula is C29H34NO6P. The fraction of sp³-hybridized carbons (Fsp3) is 0.310. The van der Waals surface area contributed by atoms with Crippen LogP contribution in [0.2, 0.25) is 0 Å². The van der Waals surface area contributed by atoms with Crippen molar-refractivity contribution < 1.29 is 28.5 Å². The van der Waals surface area contributed by atoms with E-state index in [1.165, 1.54) is 0 Å². The van der Waals surface area contributed by atoms with Crippen LogP contribution in [0.1, 0.15) is 43.9 Å². The zero-order chi connectivity index (χ0) is 26.2. The van der Waals surface area contributed by atoms with Gasteiger partial charge in [0.1, 0.15) is 18.1 Å². The van der Waals surface area contributed by atoms with Crippen molar-refractivity contribution >= 4 is 19.7 Å². The highest BCUT2D eigenvalue weighted by Gasteiger charge is 2.18. The van der Waals surface area contributed by atoms with Crippen molar-refractivity contribution in [1.82, 2.24) is 4.90 Å². The molecule has 3 aromatic carbocycles. The van der Waals surface area contributed by atoms with Gasteiger partial charge in [0.05, 0.1) is 0 Å². The maximum atomic E-state index is 9.21. The Bertz CT molecular complexity index is 1190. The van der Waals surface area contributed by atoms with Gasteiger partial charge in [0.2, 0.25) is 6.79 Å². The SMILES string of the molecule is CC/C(=C(/c1ccc(OCCN(CC)CC)cc1)c1ccc(OP(O)O)cc1)c1ccc2c(c1)OCO2. The van der Waals surface area contributed by atoms with Gasteiger partial charge in [-0.3, -0.25) is 0 Å². The third kappa shape index (κ3) is 6.82. The predicted octanol–water partition coefficient (Wildman–Crippen LogP) is 6.10. The summed E-state index contributed by atoms with van der Waals surface area (Å²) >= 11 is 0. The standard InChI is InChI=1S/C29H34NO6P/c1-4-26(23-11-16-27-28(19-23)35-20-34-27)29(22-9-14-25(15-10-22)36-37(31)32)21-7-12-24(13-8-21)33-18-17-30(5-2)6-3/h7-16,19,31-32H,4-6,17-18,20H2,1-3H3/b29-26+. The summed E-state index contributed by atoms with van der Waals surface area (Å²) in [6.45, 7) is 10.2. The largest absolute Gasteiger partial charge is 0.492 e. The van der Waals surface area contributed by atoms with E-state index in [1.54, 1.807) is 12.1 Å². The van der Waals surface area contributed by atoms with E-state index in [9.17, 15) is 9.79 Å². The van der Waals surface area contributed by atoms with Gasteiger partial charge in [0.25, 0.3) is 0 Å². The van der Waals surface area contributed by atoms with E-state index in [0.29, 0.717) is 12.4 Å². The minimum absolute atomic E-state index is 0.228. The van der Waals surface area contributed by atoms with Crippen LogP contribution in [-0.2, 0) is 0 Å². The molecule has 8 heteroatoms. The Hall–Kier alpha value is -3.09. The summed E-state index contributed by atoms with van der Waals surface area (Å²) in [5.74, 6) is 2.72. The molecule has 196 valence electrons. The zero-order valence-corrected chi connectivity index (χ0v) is 22.4. The third-order valence-corrected chi connectivity index (χ3v) is 6.79. The van der Waals surface area contributed by atoms with Gasteiger partial charge < -0.3 is 33.4 Å². The maximum Gasteiger partial charge on any atom is 0.391 e. The molecule has 0 saturated heterocycles. The molecule has 0 radical (unpaired) electrons. The summed E-state index contributed by atoms with van der Waals surface area (Å²) in [5, 5.41) is 0. The normalized spacial score (nSPS) is 13.2. The number of nitrogens with zero attached hydrogens (tertiary/aromatic N) is 1. The first-order valence-electron chi connectivity index (χ1n) is 12.6. The van der Waals surface area contributed by atoms with E-state index in [0.717, 1.165) is 71.1 Å². The van der Waals surface area contributed by atoms with Crippen LogP contribution in [0, 0.1) is 0 Å². The molecule has 0 aliphatic carbocycles. The second kappa shape index (κ2) is 12.9. The van der Waals surface area contributed by atoms with E-state index in [4.69, 9.17) is 18.7 Å². The fourth-order valence-electron chi connectivity index (χ4n) is 4.45. The minimum Gasteiger partial charge on any atom is -0.492 e. The van der Waals surface area contributed by atoms with Crippen LogP contribution in [0.3, 0.4) is 0 Å². The average molecular weight is 524 g/mol. The molecule has 0 atom stereocenters. The number of hydrogen-bond donors (Lipinski definition) is 2. The van der Waals surface area contributed by atoms with E-state index in [2.05, 4.69) is 43.9 Å². The molecule has 4 rings (SSSR count). The van der Waals surface area contributed by atoms with Gasteiger partial charge >= 0.3 is 8.60 Å². The van der Waals surface area contributed by atoms with Crippen molar-refractivity contribution in [3.63, 3.8) is 0 Å². The van der Waals surface area contributed by atoms with Crippen LogP contribution in [0.25, 0.3) is 11.1 Å². The summed E-state index contributed by atoms with van der Waals surface area (Å²) in [6.07, 6.45) is 0.786. The summed E-state index contributed by atoms with van der Waals surface area (Å²) in [5.41, 5.74) is 5.30. The lowest BCUT2D eigenvalue weighted by atomic mass is 9.88. The van der Waals surface area contributed by atoms with Gasteiger partial charge in [-0.15, -0.1) is 0 Å².